The van der Waals surface area contributed by atoms with Gasteiger partial charge in [0.1, 0.15) is 5.75 Å². The topological polar surface area (TPSA) is 106 Å². The van der Waals surface area contributed by atoms with Crippen molar-refractivity contribution in [2.75, 3.05) is 13.1 Å². The highest BCUT2D eigenvalue weighted by atomic mass is 32.2. The number of nitrogens with two attached hydrogens (primary N) is 1. The van der Waals surface area contributed by atoms with Crippen molar-refractivity contribution in [3.05, 3.63) is 59.2 Å². The molecule has 7 nitrogen and oxygen atoms in total. The van der Waals surface area contributed by atoms with E-state index < -0.39 is 16.6 Å². The molecule has 0 aromatic heterocycles. The van der Waals surface area contributed by atoms with Gasteiger partial charge in [0.15, 0.2) is 5.96 Å². The standard InChI is InChI=1S/C20H26F2N4O3S/c1-3-24-20(25-11-10-15-5-7-17(8-6-15)30(23,27)28)26-13-16-12-14(2)4-9-18(16)29-19(21)22/h4-9,12,19H,3,10-11,13H2,1-2H3,(H2,23,27,28)(H2,24,25,26). The van der Waals surface area contributed by atoms with Crippen LogP contribution in [-0.4, -0.2) is 34.1 Å². The molecule has 164 valence electrons. The van der Waals surface area contributed by atoms with Gasteiger partial charge < -0.3 is 15.4 Å². The first-order chi connectivity index (χ1) is 14.2. The van der Waals surface area contributed by atoms with Crippen LogP contribution in [0.25, 0.3) is 0 Å². The Balaban J connectivity index is 2.00. The first-order valence-electron chi connectivity index (χ1n) is 9.37. The number of sulfonamides is 1. The fraction of sp³-hybridized carbons (Fsp3) is 0.350. The van der Waals surface area contributed by atoms with Crippen molar-refractivity contribution in [3.63, 3.8) is 0 Å². The van der Waals surface area contributed by atoms with E-state index in [4.69, 9.17) is 5.14 Å². The second-order valence-corrected chi connectivity index (χ2v) is 8.11. The molecule has 30 heavy (non-hydrogen) atoms. The zero-order valence-corrected chi connectivity index (χ0v) is 17.7. The quantitative estimate of drug-likeness (QED) is 0.411. The van der Waals surface area contributed by atoms with E-state index in [1.807, 2.05) is 13.8 Å². The van der Waals surface area contributed by atoms with Crippen LogP contribution in [0.15, 0.2) is 52.4 Å². The summed E-state index contributed by atoms with van der Waals surface area (Å²) in [5.74, 6) is 0.633. The minimum atomic E-state index is -3.71. The van der Waals surface area contributed by atoms with Crippen molar-refractivity contribution in [1.29, 1.82) is 0 Å². The number of primary sulfonamides is 1. The van der Waals surface area contributed by atoms with E-state index in [0.717, 1.165) is 11.1 Å². The fourth-order valence-corrected chi connectivity index (χ4v) is 3.24. The van der Waals surface area contributed by atoms with Crippen LogP contribution in [0.1, 0.15) is 23.6 Å². The van der Waals surface area contributed by atoms with E-state index in [1.165, 1.54) is 18.2 Å². The van der Waals surface area contributed by atoms with Gasteiger partial charge in [-0.05, 0) is 44.0 Å². The van der Waals surface area contributed by atoms with Crippen molar-refractivity contribution in [3.8, 4) is 5.75 Å². The predicted molar refractivity (Wildman–Crippen MR) is 112 cm³/mol. The molecule has 0 aliphatic rings. The van der Waals surface area contributed by atoms with E-state index in [0.29, 0.717) is 31.0 Å². The zero-order chi connectivity index (χ0) is 22.1. The van der Waals surface area contributed by atoms with Gasteiger partial charge in [-0.3, -0.25) is 0 Å². The van der Waals surface area contributed by atoms with Gasteiger partial charge in [0.05, 0.1) is 11.4 Å². The number of ether oxygens (including phenoxy) is 1. The number of halogens is 2. The Hall–Kier alpha value is -2.72. The van der Waals surface area contributed by atoms with Gasteiger partial charge >= 0.3 is 6.61 Å². The van der Waals surface area contributed by atoms with Crippen molar-refractivity contribution in [2.24, 2.45) is 10.1 Å². The number of aliphatic imine (C=N–C) groups is 1. The molecule has 2 rings (SSSR count). The molecule has 0 spiro atoms. The number of hydrogen-bond donors (Lipinski definition) is 3. The van der Waals surface area contributed by atoms with Gasteiger partial charge in [-0.2, -0.15) is 8.78 Å². The SMILES string of the molecule is CCNC(=NCc1cc(C)ccc1OC(F)F)NCCc1ccc(S(N)(=O)=O)cc1. The van der Waals surface area contributed by atoms with Gasteiger partial charge in [-0.1, -0.05) is 29.8 Å². The molecule has 0 bridgehead atoms. The number of nitrogens with zero attached hydrogens (tertiary/aromatic N) is 1. The third-order valence-electron chi connectivity index (χ3n) is 4.14. The maximum Gasteiger partial charge on any atom is 0.387 e. The molecule has 0 saturated carbocycles. The smallest absolute Gasteiger partial charge is 0.387 e. The van der Waals surface area contributed by atoms with Crippen LogP contribution in [0.3, 0.4) is 0 Å². The summed E-state index contributed by atoms with van der Waals surface area (Å²) in [6, 6.07) is 11.3. The molecule has 0 atom stereocenters. The van der Waals surface area contributed by atoms with Crippen LogP contribution in [0.4, 0.5) is 8.78 Å². The first-order valence-corrected chi connectivity index (χ1v) is 10.9. The number of nitrogens with one attached hydrogen (secondary N) is 2. The lowest BCUT2D eigenvalue weighted by Crippen LogP contribution is -2.38. The highest BCUT2D eigenvalue weighted by Gasteiger charge is 2.10. The zero-order valence-electron chi connectivity index (χ0n) is 16.9. The lowest BCUT2D eigenvalue weighted by molar-refractivity contribution is -0.0504. The van der Waals surface area contributed by atoms with Crippen LogP contribution in [0.2, 0.25) is 0 Å². The Labute approximate surface area is 175 Å². The molecule has 2 aromatic rings. The summed E-state index contributed by atoms with van der Waals surface area (Å²) in [6.07, 6.45) is 0.625. The monoisotopic (exact) mass is 440 g/mol. The minimum absolute atomic E-state index is 0.0640. The summed E-state index contributed by atoms with van der Waals surface area (Å²) in [7, 11) is -3.71. The average Bonchev–Trinajstić information content (AvgIpc) is 2.67. The molecular formula is C20H26F2N4O3S. The fourth-order valence-electron chi connectivity index (χ4n) is 2.72. The normalized spacial score (nSPS) is 12.1. The number of hydrogen-bond acceptors (Lipinski definition) is 4. The van der Waals surface area contributed by atoms with Gasteiger partial charge in [-0.15, -0.1) is 0 Å². The molecule has 0 heterocycles. The van der Waals surface area contributed by atoms with Crippen LogP contribution in [0.5, 0.6) is 5.75 Å². The minimum Gasteiger partial charge on any atom is -0.434 e. The molecule has 2 aromatic carbocycles. The van der Waals surface area contributed by atoms with Crippen LogP contribution >= 0.6 is 0 Å². The van der Waals surface area contributed by atoms with E-state index in [1.54, 1.807) is 24.3 Å². The molecule has 0 radical (unpaired) electrons. The van der Waals surface area contributed by atoms with E-state index >= 15 is 0 Å². The van der Waals surface area contributed by atoms with Crippen molar-refractivity contribution in [2.45, 2.75) is 38.3 Å². The molecule has 0 unspecified atom stereocenters. The third kappa shape index (κ3) is 7.60. The van der Waals surface area contributed by atoms with Crippen LogP contribution in [-0.2, 0) is 23.0 Å². The van der Waals surface area contributed by atoms with Gasteiger partial charge in [0, 0.05) is 18.7 Å². The highest BCUT2D eigenvalue weighted by Crippen LogP contribution is 2.22. The Morgan fingerprint density at radius 3 is 2.47 bits per heavy atom. The van der Waals surface area contributed by atoms with Gasteiger partial charge in [0.2, 0.25) is 10.0 Å². The molecule has 0 amide bonds. The molecule has 10 heteroatoms. The lowest BCUT2D eigenvalue weighted by Gasteiger charge is -2.13. The Morgan fingerprint density at radius 1 is 1.17 bits per heavy atom. The molecule has 0 aliphatic carbocycles. The third-order valence-corrected chi connectivity index (χ3v) is 5.07. The second-order valence-electron chi connectivity index (χ2n) is 6.55. The first kappa shape index (κ1) is 23.6. The number of aryl methyl sites for hydroxylation is 1. The summed E-state index contributed by atoms with van der Waals surface area (Å²) in [6.45, 7) is 2.22. The van der Waals surface area contributed by atoms with Crippen LogP contribution < -0.4 is 20.5 Å². The average molecular weight is 441 g/mol. The second kappa shape index (κ2) is 10.9. The summed E-state index contributed by atoms with van der Waals surface area (Å²) < 4.78 is 52.4. The number of rotatable bonds is 9. The molecule has 4 N–H and O–H groups in total. The maximum absolute atomic E-state index is 12.6. The molecule has 0 saturated heterocycles. The Kier molecular flexibility index (Phi) is 8.55. The van der Waals surface area contributed by atoms with Crippen molar-refractivity contribution >= 4 is 16.0 Å². The summed E-state index contributed by atoms with van der Waals surface area (Å²) in [4.78, 5) is 4.51. The van der Waals surface area contributed by atoms with E-state index in [-0.39, 0.29) is 17.2 Å². The van der Waals surface area contributed by atoms with Crippen molar-refractivity contribution < 1.29 is 21.9 Å². The largest absolute Gasteiger partial charge is 0.434 e. The number of guanidine groups is 1. The Morgan fingerprint density at radius 2 is 1.87 bits per heavy atom. The van der Waals surface area contributed by atoms with E-state index in [2.05, 4.69) is 20.4 Å². The number of alkyl halides is 2. The molecular weight excluding hydrogens is 414 g/mol. The summed E-state index contributed by atoms with van der Waals surface area (Å²) in [5.41, 5.74) is 2.41. The molecule has 0 aliphatic heterocycles. The van der Waals surface area contributed by atoms with Gasteiger partial charge in [0.25, 0.3) is 0 Å². The predicted octanol–water partition coefficient (Wildman–Crippen LogP) is 2.54. The van der Waals surface area contributed by atoms with Crippen molar-refractivity contribution in [1.82, 2.24) is 10.6 Å². The summed E-state index contributed by atoms with van der Waals surface area (Å²) in [5, 5.41) is 11.4. The lowest BCUT2D eigenvalue weighted by atomic mass is 10.1. The molecule has 0 fully saturated rings. The maximum atomic E-state index is 12.6. The Bertz CT molecular complexity index is 965. The number of benzene rings is 2. The van der Waals surface area contributed by atoms with Gasteiger partial charge in [-0.25, -0.2) is 18.5 Å². The summed E-state index contributed by atoms with van der Waals surface area (Å²) >= 11 is 0. The highest BCUT2D eigenvalue weighted by molar-refractivity contribution is 7.89. The van der Waals surface area contributed by atoms with Crippen LogP contribution in [0, 0.1) is 6.92 Å². The van der Waals surface area contributed by atoms with E-state index in [9.17, 15) is 17.2 Å².